The maximum absolute atomic E-state index is 9.95. The fourth-order valence-electron chi connectivity index (χ4n) is 0.0983. The highest BCUT2D eigenvalue weighted by atomic mass is 79.9. The zero-order valence-corrected chi connectivity index (χ0v) is 7.27. The van der Waals surface area contributed by atoms with E-state index in [-0.39, 0.29) is 0 Å². The molecule has 0 amide bonds. The van der Waals surface area contributed by atoms with Crippen LogP contribution in [-0.4, -0.2) is 14.1 Å². The molecule has 0 aromatic rings. The maximum atomic E-state index is 9.95. The van der Waals surface area contributed by atoms with E-state index >= 15 is 0 Å². The highest BCUT2D eigenvalue weighted by Gasteiger charge is 2.40. The quantitative estimate of drug-likeness (QED) is 0.191. The molecule has 3 N–H and O–H groups in total. The average Bonchev–Trinajstić information content (AvgIpc) is 1.65. The van der Waals surface area contributed by atoms with E-state index in [4.69, 9.17) is 11.1 Å². The van der Waals surface area contributed by atoms with Crippen molar-refractivity contribution in [2.45, 2.75) is 3.36 Å². The number of hydrogen-bond acceptors (Lipinski definition) is 3. The van der Waals surface area contributed by atoms with Crippen molar-refractivity contribution in [1.82, 2.24) is 0 Å². The Balaban J connectivity index is 4.38. The van der Waals surface area contributed by atoms with Crippen LogP contribution in [0, 0.1) is 15.5 Å². The first-order valence-corrected chi connectivity index (χ1v) is 3.34. The number of hydrogen-bond donors (Lipinski definition) is 2. The van der Waals surface area contributed by atoms with E-state index in [9.17, 15) is 10.1 Å². The van der Waals surface area contributed by atoms with Crippen LogP contribution >= 0.6 is 31.9 Å². The molecule has 0 rings (SSSR count). The summed E-state index contributed by atoms with van der Waals surface area (Å²) in [5.41, 5.74) is 4.82. The molecule has 0 heterocycles. The van der Waals surface area contributed by atoms with Crippen molar-refractivity contribution >= 4 is 37.7 Å². The first-order valence-electron chi connectivity index (χ1n) is 1.76. The van der Waals surface area contributed by atoms with Crippen LogP contribution < -0.4 is 5.73 Å². The topological polar surface area (TPSA) is 93.0 Å². The maximum Gasteiger partial charge on any atom is 0.382 e. The van der Waals surface area contributed by atoms with E-state index in [1.165, 1.54) is 0 Å². The van der Waals surface area contributed by atoms with E-state index in [2.05, 4.69) is 31.9 Å². The van der Waals surface area contributed by atoms with Gasteiger partial charge in [-0.1, -0.05) is 0 Å². The molecule has 9 heavy (non-hydrogen) atoms. The van der Waals surface area contributed by atoms with Gasteiger partial charge in [0.1, 0.15) is 0 Å². The Hall–Kier alpha value is -0.170. The number of nitrogens with two attached hydrogens (primary N) is 1. The number of alkyl halides is 2. The van der Waals surface area contributed by atoms with Crippen molar-refractivity contribution in [3.63, 3.8) is 0 Å². The highest BCUT2D eigenvalue weighted by molar-refractivity contribution is 9.25. The molecule has 0 bridgehead atoms. The molecule has 0 radical (unpaired) electrons. The molecular formula is C2H3Br2N3O2. The predicted octanol–water partition coefficient (Wildman–Crippen LogP) is 0.643. The lowest BCUT2D eigenvalue weighted by Gasteiger charge is -2.07. The summed E-state index contributed by atoms with van der Waals surface area (Å²) in [6.45, 7) is 0. The van der Waals surface area contributed by atoms with Crippen LogP contribution in [0.4, 0.5) is 0 Å². The molecule has 0 saturated heterocycles. The predicted molar refractivity (Wildman–Crippen MR) is 39.5 cm³/mol. The van der Waals surface area contributed by atoms with Crippen molar-refractivity contribution in [2.24, 2.45) is 5.73 Å². The summed E-state index contributed by atoms with van der Waals surface area (Å²) in [5, 5.41) is 16.6. The lowest BCUT2D eigenvalue weighted by Crippen LogP contribution is -2.38. The number of nitrogens with one attached hydrogen (secondary N) is 1. The fourth-order valence-corrected chi connectivity index (χ4v) is 0.0983. The molecule has 0 aliphatic heterocycles. The Morgan fingerprint density at radius 3 is 2.11 bits per heavy atom. The number of nitro groups is 1. The van der Waals surface area contributed by atoms with Gasteiger partial charge >= 0.3 is 3.36 Å². The Morgan fingerprint density at radius 2 is 2.11 bits per heavy atom. The molecule has 0 fully saturated rings. The number of amidine groups is 1. The van der Waals surface area contributed by atoms with Gasteiger partial charge in [0.15, 0.2) is 5.84 Å². The van der Waals surface area contributed by atoms with Gasteiger partial charge in [0.2, 0.25) is 0 Å². The van der Waals surface area contributed by atoms with Gasteiger partial charge in [0, 0.05) is 31.9 Å². The molecule has 0 aromatic carbocycles. The minimum atomic E-state index is -1.79. The monoisotopic (exact) mass is 259 g/mol. The minimum Gasteiger partial charge on any atom is -0.380 e. The zero-order chi connectivity index (χ0) is 7.65. The number of rotatable bonds is 2. The van der Waals surface area contributed by atoms with Crippen molar-refractivity contribution in [3.8, 4) is 0 Å². The fraction of sp³-hybridized carbons (Fsp3) is 0.500. The van der Waals surface area contributed by atoms with Crippen molar-refractivity contribution < 1.29 is 4.92 Å². The van der Waals surface area contributed by atoms with E-state index in [1.54, 1.807) is 0 Å². The molecule has 0 aliphatic carbocycles. The van der Waals surface area contributed by atoms with Crippen molar-refractivity contribution in [2.75, 3.05) is 0 Å². The van der Waals surface area contributed by atoms with E-state index in [0.717, 1.165) is 0 Å². The summed E-state index contributed by atoms with van der Waals surface area (Å²) in [7, 11) is 0. The number of nitrogens with zero attached hydrogens (tertiary/aromatic N) is 1. The normalized spacial score (nSPS) is 10.9. The minimum absolute atomic E-state index is 0.590. The average molecular weight is 261 g/mol. The van der Waals surface area contributed by atoms with Crippen molar-refractivity contribution in [3.05, 3.63) is 10.1 Å². The van der Waals surface area contributed by atoms with Crippen LogP contribution in [0.2, 0.25) is 0 Å². The van der Waals surface area contributed by atoms with E-state index in [0.29, 0.717) is 0 Å². The van der Waals surface area contributed by atoms with Crippen LogP contribution in [0.15, 0.2) is 0 Å². The second-order valence-electron chi connectivity index (χ2n) is 1.21. The summed E-state index contributed by atoms with van der Waals surface area (Å²) in [6.07, 6.45) is 0. The Kier molecular flexibility index (Phi) is 2.56. The molecule has 0 atom stereocenters. The van der Waals surface area contributed by atoms with Crippen LogP contribution in [0.5, 0.6) is 0 Å². The standard InChI is InChI=1S/C2H3Br2N3O2/c3-2(4,1(5)6)7(8)9/h(H3,5,6). The van der Waals surface area contributed by atoms with Gasteiger partial charge in [-0.05, 0) is 0 Å². The Morgan fingerprint density at radius 1 is 1.78 bits per heavy atom. The molecule has 0 spiro atoms. The van der Waals surface area contributed by atoms with Gasteiger partial charge in [-0.2, -0.15) is 0 Å². The smallest absolute Gasteiger partial charge is 0.380 e. The second kappa shape index (κ2) is 2.61. The number of halogens is 2. The van der Waals surface area contributed by atoms with Crippen LogP contribution in [0.3, 0.4) is 0 Å². The summed E-state index contributed by atoms with van der Waals surface area (Å²) in [4.78, 5) is 9.20. The second-order valence-corrected chi connectivity index (χ2v) is 4.57. The molecule has 52 valence electrons. The first kappa shape index (κ1) is 8.83. The third-order valence-electron chi connectivity index (χ3n) is 0.553. The Labute approximate surface area is 67.5 Å². The Bertz CT molecular complexity index is 140. The zero-order valence-electron chi connectivity index (χ0n) is 4.10. The SMILES string of the molecule is N=C(N)C(Br)(Br)[N+](=O)[O-]. The lowest BCUT2D eigenvalue weighted by atomic mass is 10.6. The third-order valence-corrected chi connectivity index (χ3v) is 1.99. The van der Waals surface area contributed by atoms with Crippen LogP contribution in [-0.2, 0) is 0 Å². The lowest BCUT2D eigenvalue weighted by molar-refractivity contribution is -0.486. The molecule has 0 saturated carbocycles. The van der Waals surface area contributed by atoms with Crippen molar-refractivity contribution in [1.29, 1.82) is 5.41 Å². The summed E-state index contributed by atoms with van der Waals surface area (Å²) >= 11 is 5.16. The van der Waals surface area contributed by atoms with Gasteiger partial charge in [-0.15, -0.1) is 0 Å². The molecule has 0 aliphatic rings. The summed E-state index contributed by atoms with van der Waals surface area (Å²) in [6, 6.07) is 0. The molecule has 7 heteroatoms. The van der Waals surface area contributed by atoms with E-state index in [1.807, 2.05) is 0 Å². The highest BCUT2D eigenvalue weighted by Crippen LogP contribution is 2.25. The van der Waals surface area contributed by atoms with Gasteiger partial charge < -0.3 is 5.73 Å². The largest absolute Gasteiger partial charge is 0.382 e. The molecule has 5 nitrogen and oxygen atoms in total. The van der Waals surface area contributed by atoms with Gasteiger partial charge in [0.05, 0.1) is 4.92 Å². The summed E-state index contributed by atoms with van der Waals surface area (Å²) in [5.74, 6) is -0.590. The van der Waals surface area contributed by atoms with Gasteiger partial charge in [-0.25, -0.2) is 0 Å². The van der Waals surface area contributed by atoms with Gasteiger partial charge in [0.25, 0.3) is 0 Å². The van der Waals surface area contributed by atoms with E-state index < -0.39 is 14.1 Å². The van der Waals surface area contributed by atoms with Gasteiger partial charge in [-0.3, -0.25) is 15.5 Å². The summed E-state index contributed by atoms with van der Waals surface area (Å²) < 4.78 is -1.79. The molecule has 0 unspecified atom stereocenters. The van der Waals surface area contributed by atoms with Crippen LogP contribution in [0.25, 0.3) is 0 Å². The molecular weight excluding hydrogens is 258 g/mol. The third kappa shape index (κ3) is 1.90. The first-order chi connectivity index (χ1) is 3.89. The molecule has 0 aromatic heterocycles. The van der Waals surface area contributed by atoms with Crippen LogP contribution in [0.1, 0.15) is 0 Å².